The third-order valence-corrected chi connectivity index (χ3v) is 4.16. The van der Waals surface area contributed by atoms with Crippen LogP contribution in [0, 0.1) is 11.3 Å². The van der Waals surface area contributed by atoms with E-state index in [2.05, 4.69) is 5.32 Å². The number of benzene rings is 2. The first-order valence-corrected chi connectivity index (χ1v) is 9.42. The smallest absolute Gasteiger partial charge is 0.344 e. The molecule has 2 rings (SSSR count). The van der Waals surface area contributed by atoms with Crippen LogP contribution in [-0.2, 0) is 14.3 Å². The standard InChI is InChI=1S/C23H24N2O5/c1-4-29-22(26)15-30-20-11-10-17(13-21(20)28-3)12-19(14-24)23(27)25-16(2)18-8-6-5-7-9-18/h5-13,16H,4,15H2,1-3H3,(H,25,27). The number of methoxy groups -OCH3 is 1. The molecule has 1 amide bonds. The highest BCUT2D eigenvalue weighted by Gasteiger charge is 2.15. The summed E-state index contributed by atoms with van der Waals surface area (Å²) in [5.74, 6) is -0.248. The molecule has 156 valence electrons. The summed E-state index contributed by atoms with van der Waals surface area (Å²) < 4.78 is 15.5. The minimum atomic E-state index is -0.487. The molecule has 0 spiro atoms. The predicted octanol–water partition coefficient (Wildman–Crippen LogP) is 3.42. The lowest BCUT2D eigenvalue weighted by Gasteiger charge is -2.14. The van der Waals surface area contributed by atoms with Gasteiger partial charge in [0.15, 0.2) is 18.1 Å². The summed E-state index contributed by atoms with van der Waals surface area (Å²) >= 11 is 0. The molecule has 2 aromatic carbocycles. The zero-order chi connectivity index (χ0) is 21.9. The number of carbonyl (C=O) groups is 2. The Balaban J connectivity index is 2.13. The SMILES string of the molecule is CCOC(=O)COc1ccc(C=C(C#N)C(=O)NC(C)c2ccccc2)cc1OC. The van der Waals surface area contributed by atoms with Crippen molar-refractivity contribution in [2.45, 2.75) is 19.9 Å². The van der Waals surface area contributed by atoms with Crippen molar-refractivity contribution in [3.8, 4) is 17.6 Å². The molecule has 0 fully saturated rings. The highest BCUT2D eigenvalue weighted by molar-refractivity contribution is 6.01. The van der Waals surface area contributed by atoms with Gasteiger partial charge in [0.05, 0.1) is 19.8 Å². The number of esters is 1. The van der Waals surface area contributed by atoms with Gasteiger partial charge in [0.2, 0.25) is 0 Å². The van der Waals surface area contributed by atoms with Gasteiger partial charge in [-0.2, -0.15) is 5.26 Å². The summed E-state index contributed by atoms with van der Waals surface area (Å²) in [4.78, 5) is 24.0. The van der Waals surface area contributed by atoms with Crippen LogP contribution in [0.15, 0.2) is 54.1 Å². The first-order chi connectivity index (χ1) is 14.5. The van der Waals surface area contributed by atoms with Crippen LogP contribution in [0.25, 0.3) is 6.08 Å². The van der Waals surface area contributed by atoms with E-state index in [1.54, 1.807) is 25.1 Å². The average molecular weight is 408 g/mol. The summed E-state index contributed by atoms with van der Waals surface area (Å²) in [5.41, 5.74) is 1.47. The third-order valence-electron chi connectivity index (χ3n) is 4.16. The molecule has 1 N–H and O–H groups in total. The van der Waals surface area contributed by atoms with E-state index in [4.69, 9.17) is 14.2 Å². The lowest BCUT2D eigenvalue weighted by Crippen LogP contribution is -2.27. The van der Waals surface area contributed by atoms with Gasteiger partial charge in [0.25, 0.3) is 5.91 Å². The molecule has 0 aliphatic carbocycles. The van der Waals surface area contributed by atoms with Crippen molar-refractivity contribution in [3.05, 3.63) is 65.2 Å². The van der Waals surface area contributed by atoms with Crippen LogP contribution in [0.1, 0.15) is 31.0 Å². The van der Waals surface area contributed by atoms with Gasteiger partial charge in [-0.15, -0.1) is 0 Å². The van der Waals surface area contributed by atoms with Crippen molar-refractivity contribution in [1.82, 2.24) is 5.32 Å². The van der Waals surface area contributed by atoms with Gasteiger partial charge < -0.3 is 19.5 Å². The number of nitriles is 1. The van der Waals surface area contributed by atoms with Crippen LogP contribution in [0.3, 0.4) is 0 Å². The van der Waals surface area contributed by atoms with Crippen molar-refractivity contribution >= 4 is 18.0 Å². The Morgan fingerprint density at radius 1 is 1.17 bits per heavy atom. The molecule has 1 atom stereocenters. The van der Waals surface area contributed by atoms with Gasteiger partial charge in [-0.05, 0) is 43.2 Å². The molecule has 0 aliphatic rings. The number of hydrogen-bond acceptors (Lipinski definition) is 6. The second-order valence-electron chi connectivity index (χ2n) is 6.28. The van der Waals surface area contributed by atoms with Crippen molar-refractivity contribution in [2.75, 3.05) is 20.3 Å². The Bertz CT molecular complexity index is 948. The molecule has 0 aromatic heterocycles. The molecule has 0 radical (unpaired) electrons. The van der Waals surface area contributed by atoms with Crippen molar-refractivity contribution in [1.29, 1.82) is 5.26 Å². The van der Waals surface area contributed by atoms with Crippen LogP contribution in [0.5, 0.6) is 11.5 Å². The first kappa shape index (κ1) is 22.5. The number of carbonyl (C=O) groups excluding carboxylic acids is 2. The Morgan fingerprint density at radius 2 is 1.90 bits per heavy atom. The van der Waals surface area contributed by atoms with Crippen LogP contribution in [0.4, 0.5) is 0 Å². The Hall–Kier alpha value is -3.79. The lowest BCUT2D eigenvalue weighted by atomic mass is 10.1. The molecule has 7 heteroatoms. The normalized spacial score (nSPS) is 11.7. The summed E-state index contributed by atoms with van der Waals surface area (Å²) in [6.45, 7) is 3.58. The van der Waals surface area contributed by atoms with Crippen LogP contribution >= 0.6 is 0 Å². The fourth-order valence-corrected chi connectivity index (χ4v) is 2.65. The second-order valence-corrected chi connectivity index (χ2v) is 6.28. The van der Waals surface area contributed by atoms with Crippen molar-refractivity contribution < 1.29 is 23.8 Å². The fourth-order valence-electron chi connectivity index (χ4n) is 2.65. The number of hydrogen-bond donors (Lipinski definition) is 1. The van der Waals surface area contributed by atoms with E-state index in [0.717, 1.165) is 5.56 Å². The maximum Gasteiger partial charge on any atom is 0.344 e. The van der Waals surface area contributed by atoms with E-state index in [1.807, 2.05) is 43.3 Å². The number of ether oxygens (including phenoxy) is 3. The van der Waals surface area contributed by atoms with E-state index in [1.165, 1.54) is 13.2 Å². The number of rotatable bonds is 9. The maximum absolute atomic E-state index is 12.5. The largest absolute Gasteiger partial charge is 0.493 e. The molecule has 0 aliphatic heterocycles. The zero-order valence-electron chi connectivity index (χ0n) is 17.2. The molecule has 30 heavy (non-hydrogen) atoms. The molecule has 0 heterocycles. The summed E-state index contributed by atoms with van der Waals surface area (Å²) in [7, 11) is 1.46. The van der Waals surface area contributed by atoms with Crippen molar-refractivity contribution in [3.63, 3.8) is 0 Å². The van der Waals surface area contributed by atoms with E-state index < -0.39 is 11.9 Å². The van der Waals surface area contributed by atoms with E-state index in [-0.39, 0.29) is 24.8 Å². The zero-order valence-corrected chi connectivity index (χ0v) is 17.2. The lowest BCUT2D eigenvalue weighted by molar-refractivity contribution is -0.145. The van der Waals surface area contributed by atoms with Gasteiger partial charge in [0.1, 0.15) is 11.6 Å². The molecule has 1 unspecified atom stereocenters. The van der Waals surface area contributed by atoms with Crippen molar-refractivity contribution in [2.24, 2.45) is 0 Å². The predicted molar refractivity (Wildman–Crippen MR) is 112 cm³/mol. The molecule has 2 aromatic rings. The maximum atomic E-state index is 12.5. The topological polar surface area (TPSA) is 97.7 Å². The fraction of sp³-hybridized carbons (Fsp3) is 0.261. The second kappa shape index (κ2) is 11.3. The van der Waals surface area contributed by atoms with Crippen LogP contribution in [0.2, 0.25) is 0 Å². The molecule has 0 saturated heterocycles. The van der Waals surface area contributed by atoms with Gasteiger partial charge >= 0.3 is 5.97 Å². The Kier molecular flexibility index (Phi) is 8.45. The monoisotopic (exact) mass is 408 g/mol. The van der Waals surface area contributed by atoms with E-state index >= 15 is 0 Å². The van der Waals surface area contributed by atoms with Crippen LogP contribution < -0.4 is 14.8 Å². The highest BCUT2D eigenvalue weighted by Crippen LogP contribution is 2.29. The van der Waals surface area contributed by atoms with Gasteiger partial charge in [0, 0.05) is 0 Å². The number of nitrogens with zero attached hydrogens (tertiary/aromatic N) is 1. The molecule has 0 bridgehead atoms. The van der Waals surface area contributed by atoms with Gasteiger partial charge in [-0.25, -0.2) is 4.79 Å². The average Bonchev–Trinajstić information content (AvgIpc) is 2.76. The summed E-state index contributed by atoms with van der Waals surface area (Å²) in [6.07, 6.45) is 1.46. The molecule has 7 nitrogen and oxygen atoms in total. The number of amides is 1. The first-order valence-electron chi connectivity index (χ1n) is 9.42. The highest BCUT2D eigenvalue weighted by atomic mass is 16.6. The molecular weight excluding hydrogens is 384 g/mol. The van der Waals surface area contributed by atoms with Gasteiger partial charge in [-0.3, -0.25) is 4.79 Å². The number of nitrogens with one attached hydrogen (secondary N) is 1. The minimum Gasteiger partial charge on any atom is -0.493 e. The minimum absolute atomic E-state index is 0.0416. The van der Waals surface area contributed by atoms with E-state index in [9.17, 15) is 14.9 Å². The summed E-state index contributed by atoms with van der Waals surface area (Å²) in [5, 5.41) is 12.2. The summed E-state index contributed by atoms with van der Waals surface area (Å²) in [6, 6.07) is 16.0. The quantitative estimate of drug-likeness (QED) is 0.388. The Labute approximate surface area is 175 Å². The van der Waals surface area contributed by atoms with Gasteiger partial charge in [-0.1, -0.05) is 36.4 Å². The third kappa shape index (κ3) is 6.38. The van der Waals surface area contributed by atoms with Crippen LogP contribution in [-0.4, -0.2) is 32.2 Å². The molecule has 0 saturated carbocycles. The Morgan fingerprint density at radius 3 is 2.53 bits per heavy atom. The van der Waals surface area contributed by atoms with E-state index in [0.29, 0.717) is 17.1 Å². The molecular formula is C23H24N2O5.